The lowest BCUT2D eigenvalue weighted by Gasteiger charge is -2.39. The van der Waals surface area contributed by atoms with Crippen molar-refractivity contribution in [3.05, 3.63) is 0 Å². The summed E-state index contributed by atoms with van der Waals surface area (Å²) in [7, 11) is 1.72. The second kappa shape index (κ2) is 5.26. The molecule has 0 bridgehead atoms. The number of carboxylic acid groups (broad SMARTS) is 1. The Balaban J connectivity index is 3.06. The lowest BCUT2D eigenvalue weighted by molar-refractivity contribution is -0.159. The molecular weight excluding hydrogens is 232 g/mol. The molecule has 0 saturated carbocycles. The number of carbonyl (C=O) groups is 2. The number of carboxylic acids is 1. The monoisotopic (exact) mass is 256 g/mol. The molecular formula is C13H24N2O3. The van der Waals surface area contributed by atoms with Crippen LogP contribution in [0.1, 0.15) is 46.5 Å². The maximum absolute atomic E-state index is 12.5. The minimum Gasteiger partial charge on any atom is -0.479 e. The largest absolute Gasteiger partial charge is 0.479 e. The van der Waals surface area contributed by atoms with E-state index < -0.39 is 17.0 Å². The number of hydrogen-bond acceptors (Lipinski definition) is 3. The minimum absolute atomic E-state index is 0.127. The minimum atomic E-state index is -1.00. The Hall–Kier alpha value is -1.10. The van der Waals surface area contributed by atoms with Gasteiger partial charge in [0.2, 0.25) is 5.91 Å². The summed E-state index contributed by atoms with van der Waals surface area (Å²) >= 11 is 0. The van der Waals surface area contributed by atoms with Crippen LogP contribution in [0.15, 0.2) is 0 Å². The van der Waals surface area contributed by atoms with Gasteiger partial charge in [-0.05, 0) is 40.2 Å². The van der Waals surface area contributed by atoms with Crippen LogP contribution < -0.4 is 5.32 Å². The van der Waals surface area contributed by atoms with Crippen molar-refractivity contribution in [2.75, 3.05) is 13.6 Å². The highest BCUT2D eigenvalue weighted by Crippen LogP contribution is 2.35. The molecule has 1 saturated heterocycles. The molecule has 0 aliphatic carbocycles. The molecule has 1 rings (SSSR count). The van der Waals surface area contributed by atoms with Crippen molar-refractivity contribution >= 4 is 11.9 Å². The van der Waals surface area contributed by atoms with Gasteiger partial charge in [0.1, 0.15) is 5.54 Å². The van der Waals surface area contributed by atoms with Crippen molar-refractivity contribution < 1.29 is 14.7 Å². The first-order chi connectivity index (χ1) is 8.31. The molecule has 1 unspecified atom stereocenters. The summed E-state index contributed by atoms with van der Waals surface area (Å²) < 4.78 is 0. The van der Waals surface area contributed by atoms with Gasteiger partial charge in [0, 0.05) is 6.54 Å². The molecule has 1 fully saturated rings. The van der Waals surface area contributed by atoms with Gasteiger partial charge in [0.15, 0.2) is 0 Å². The quantitative estimate of drug-likeness (QED) is 0.776. The summed E-state index contributed by atoms with van der Waals surface area (Å²) in [4.78, 5) is 25.7. The van der Waals surface area contributed by atoms with E-state index in [2.05, 4.69) is 5.32 Å². The van der Waals surface area contributed by atoms with Gasteiger partial charge in [0.25, 0.3) is 0 Å². The predicted octanol–water partition coefficient (Wildman–Crippen LogP) is 1.23. The topological polar surface area (TPSA) is 69.6 Å². The molecule has 0 aromatic rings. The summed E-state index contributed by atoms with van der Waals surface area (Å²) in [5.74, 6) is -1.000. The van der Waals surface area contributed by atoms with Gasteiger partial charge in [-0.1, -0.05) is 13.3 Å². The first-order valence-corrected chi connectivity index (χ1v) is 6.56. The molecule has 1 aliphatic rings. The molecule has 5 heteroatoms. The number of carbonyl (C=O) groups excluding carboxylic acids is 1. The Morgan fingerprint density at radius 2 is 2.06 bits per heavy atom. The Kier molecular flexibility index (Phi) is 4.37. The van der Waals surface area contributed by atoms with Crippen molar-refractivity contribution in [1.82, 2.24) is 10.2 Å². The number of aliphatic carboxylic acids is 1. The third-order valence-corrected chi connectivity index (χ3v) is 3.96. The number of nitrogens with zero attached hydrogens (tertiary/aromatic N) is 1. The highest BCUT2D eigenvalue weighted by Gasteiger charge is 2.51. The van der Waals surface area contributed by atoms with Crippen molar-refractivity contribution in [1.29, 1.82) is 0 Å². The Bertz CT molecular complexity index is 341. The van der Waals surface area contributed by atoms with Gasteiger partial charge in [0.05, 0.1) is 5.54 Å². The molecule has 2 N–H and O–H groups in total. The lowest BCUT2D eigenvalue weighted by Crippen LogP contribution is -2.61. The number of rotatable bonds is 5. The highest BCUT2D eigenvalue weighted by atomic mass is 16.4. The first kappa shape index (κ1) is 15.0. The van der Waals surface area contributed by atoms with Crippen LogP contribution in [0.2, 0.25) is 0 Å². The van der Waals surface area contributed by atoms with E-state index in [1.54, 1.807) is 25.8 Å². The Morgan fingerprint density at radius 3 is 2.50 bits per heavy atom. The number of nitrogens with one attached hydrogen (secondary N) is 1. The van der Waals surface area contributed by atoms with Gasteiger partial charge < -0.3 is 15.3 Å². The smallest absolute Gasteiger partial charge is 0.329 e. The fourth-order valence-corrected chi connectivity index (χ4v) is 2.62. The maximum Gasteiger partial charge on any atom is 0.329 e. The molecule has 0 spiro atoms. The summed E-state index contributed by atoms with van der Waals surface area (Å²) in [6.45, 7) is 6.06. The van der Waals surface area contributed by atoms with E-state index in [0.29, 0.717) is 19.4 Å². The molecule has 1 heterocycles. The highest BCUT2D eigenvalue weighted by molar-refractivity contribution is 5.92. The normalized spacial score (nSPS) is 24.3. The van der Waals surface area contributed by atoms with Crippen LogP contribution in [0.5, 0.6) is 0 Å². The van der Waals surface area contributed by atoms with Crippen molar-refractivity contribution in [2.45, 2.75) is 57.5 Å². The van der Waals surface area contributed by atoms with Crippen molar-refractivity contribution in [3.63, 3.8) is 0 Å². The summed E-state index contributed by atoms with van der Waals surface area (Å²) in [6, 6.07) is 0. The molecule has 0 aromatic carbocycles. The fraction of sp³-hybridized carbons (Fsp3) is 0.846. The fourth-order valence-electron chi connectivity index (χ4n) is 2.62. The van der Waals surface area contributed by atoms with Crippen molar-refractivity contribution in [2.24, 2.45) is 0 Å². The number of likely N-dealkylation sites (N-methyl/N-ethyl adjacent to an activating group) is 1. The third kappa shape index (κ3) is 2.36. The van der Waals surface area contributed by atoms with Crippen LogP contribution in [-0.2, 0) is 9.59 Å². The Labute approximate surface area is 109 Å². The van der Waals surface area contributed by atoms with E-state index in [1.807, 2.05) is 6.92 Å². The van der Waals surface area contributed by atoms with E-state index in [-0.39, 0.29) is 5.91 Å². The van der Waals surface area contributed by atoms with Gasteiger partial charge in [-0.15, -0.1) is 0 Å². The van der Waals surface area contributed by atoms with Crippen LogP contribution in [-0.4, -0.2) is 46.6 Å². The molecule has 1 atom stereocenters. The molecule has 18 heavy (non-hydrogen) atoms. The molecule has 0 aromatic heterocycles. The summed E-state index contributed by atoms with van der Waals surface area (Å²) in [5, 5.41) is 12.5. The second-order valence-corrected chi connectivity index (χ2v) is 5.52. The second-order valence-electron chi connectivity index (χ2n) is 5.52. The van der Waals surface area contributed by atoms with Crippen LogP contribution in [0.3, 0.4) is 0 Å². The molecule has 104 valence electrons. The standard InChI is InChI=1S/C13H24N2O3/c1-5-7-13(11(17)18)8-6-9-15(13)10(16)12(2,3)14-4/h14H,5-9H2,1-4H3,(H,17,18). The maximum atomic E-state index is 12.5. The van der Waals surface area contributed by atoms with Gasteiger partial charge in [-0.25, -0.2) is 4.79 Å². The van der Waals surface area contributed by atoms with Crippen LogP contribution in [0, 0.1) is 0 Å². The third-order valence-electron chi connectivity index (χ3n) is 3.96. The molecule has 0 radical (unpaired) electrons. The van der Waals surface area contributed by atoms with Crippen LogP contribution in [0.25, 0.3) is 0 Å². The number of amides is 1. The van der Waals surface area contributed by atoms with E-state index in [1.165, 1.54) is 0 Å². The zero-order chi connectivity index (χ0) is 14.0. The molecule has 1 aliphatic heterocycles. The average molecular weight is 256 g/mol. The van der Waals surface area contributed by atoms with E-state index in [0.717, 1.165) is 12.8 Å². The van der Waals surface area contributed by atoms with Crippen LogP contribution >= 0.6 is 0 Å². The number of hydrogen-bond donors (Lipinski definition) is 2. The first-order valence-electron chi connectivity index (χ1n) is 6.56. The van der Waals surface area contributed by atoms with E-state index in [9.17, 15) is 14.7 Å². The SMILES string of the molecule is CCCC1(C(=O)O)CCCN1C(=O)C(C)(C)NC. The summed E-state index contributed by atoms with van der Waals surface area (Å²) in [5.41, 5.74) is -1.72. The van der Waals surface area contributed by atoms with Gasteiger partial charge in [-0.3, -0.25) is 4.79 Å². The summed E-state index contributed by atoms with van der Waals surface area (Å²) in [6.07, 6.45) is 2.60. The predicted molar refractivity (Wildman–Crippen MR) is 69.4 cm³/mol. The van der Waals surface area contributed by atoms with Gasteiger partial charge in [-0.2, -0.15) is 0 Å². The van der Waals surface area contributed by atoms with E-state index >= 15 is 0 Å². The average Bonchev–Trinajstić information content (AvgIpc) is 2.73. The zero-order valence-electron chi connectivity index (χ0n) is 11.7. The molecule has 5 nitrogen and oxygen atoms in total. The zero-order valence-corrected chi connectivity index (χ0v) is 11.7. The van der Waals surface area contributed by atoms with E-state index in [4.69, 9.17) is 0 Å². The van der Waals surface area contributed by atoms with Crippen LogP contribution in [0.4, 0.5) is 0 Å². The lowest BCUT2D eigenvalue weighted by atomic mass is 9.89. The van der Waals surface area contributed by atoms with Gasteiger partial charge >= 0.3 is 5.97 Å². The molecule has 1 amide bonds. The number of likely N-dealkylation sites (tertiary alicyclic amines) is 1. The van der Waals surface area contributed by atoms with Crippen molar-refractivity contribution in [3.8, 4) is 0 Å². The Morgan fingerprint density at radius 1 is 1.44 bits per heavy atom.